The number of hydrogen-bond acceptors (Lipinski definition) is 4. The number of fused-ring (bicyclic) bond motifs is 2. The SMILES string of the molecule is C=C[C@@H](CC(=O)O)c1ccc(OCc2ccc(CN3CCC4(C=Cc5ccccc54)CC3)s2)cc1. The fourth-order valence-electron chi connectivity index (χ4n) is 5.28. The van der Waals surface area contributed by atoms with Crippen LogP contribution in [0.3, 0.4) is 0 Å². The van der Waals surface area contributed by atoms with Crippen molar-refractivity contribution >= 4 is 23.4 Å². The molecule has 35 heavy (non-hydrogen) atoms. The number of likely N-dealkylation sites (tertiary alicyclic amines) is 1. The van der Waals surface area contributed by atoms with E-state index in [-0.39, 0.29) is 17.8 Å². The molecule has 2 aliphatic rings. The molecular formula is C30H31NO3S. The third kappa shape index (κ3) is 5.26. The van der Waals surface area contributed by atoms with Gasteiger partial charge in [0, 0.05) is 27.6 Å². The molecule has 5 heteroatoms. The molecule has 1 aliphatic heterocycles. The maximum Gasteiger partial charge on any atom is 0.304 e. The van der Waals surface area contributed by atoms with Gasteiger partial charge in [0.25, 0.3) is 0 Å². The van der Waals surface area contributed by atoms with Crippen molar-refractivity contribution < 1.29 is 14.6 Å². The Bertz CT molecular complexity index is 1220. The molecule has 2 heterocycles. The number of benzene rings is 2. The maximum atomic E-state index is 11.0. The molecule has 1 fully saturated rings. The van der Waals surface area contributed by atoms with E-state index in [1.165, 1.54) is 33.7 Å². The number of carboxylic acid groups (broad SMARTS) is 1. The van der Waals surface area contributed by atoms with Gasteiger partial charge in [-0.3, -0.25) is 9.69 Å². The van der Waals surface area contributed by atoms with Gasteiger partial charge in [0.2, 0.25) is 0 Å². The lowest BCUT2D eigenvalue weighted by molar-refractivity contribution is -0.137. The molecule has 0 unspecified atom stereocenters. The van der Waals surface area contributed by atoms with Crippen LogP contribution < -0.4 is 4.74 Å². The van der Waals surface area contributed by atoms with E-state index in [2.05, 4.69) is 60.0 Å². The van der Waals surface area contributed by atoms with Crippen LogP contribution in [0.5, 0.6) is 5.75 Å². The van der Waals surface area contributed by atoms with Gasteiger partial charge in [0.1, 0.15) is 12.4 Å². The minimum absolute atomic E-state index is 0.0453. The maximum absolute atomic E-state index is 11.0. The number of rotatable bonds is 9. The zero-order valence-corrected chi connectivity index (χ0v) is 20.7. The Morgan fingerprint density at radius 1 is 1.09 bits per heavy atom. The number of nitrogens with zero attached hydrogens (tertiary/aromatic N) is 1. The molecule has 3 aromatic rings. The highest BCUT2D eigenvalue weighted by atomic mass is 32.1. The first kappa shape index (κ1) is 23.6. The summed E-state index contributed by atoms with van der Waals surface area (Å²) in [7, 11) is 0. The van der Waals surface area contributed by atoms with Crippen LogP contribution in [0.4, 0.5) is 0 Å². The van der Waals surface area contributed by atoms with Gasteiger partial charge in [-0.05, 0) is 66.9 Å². The number of piperidine rings is 1. The number of thiophene rings is 1. The quantitative estimate of drug-likeness (QED) is 0.346. The van der Waals surface area contributed by atoms with Crippen molar-refractivity contribution in [1.82, 2.24) is 4.90 Å². The normalized spacial score (nSPS) is 17.3. The summed E-state index contributed by atoms with van der Waals surface area (Å²) < 4.78 is 5.99. The Labute approximate surface area is 211 Å². The highest BCUT2D eigenvalue weighted by molar-refractivity contribution is 7.11. The molecule has 0 radical (unpaired) electrons. The van der Waals surface area contributed by atoms with Crippen molar-refractivity contribution in [2.24, 2.45) is 0 Å². The number of carbonyl (C=O) groups is 1. The van der Waals surface area contributed by atoms with Crippen molar-refractivity contribution in [1.29, 1.82) is 0 Å². The monoisotopic (exact) mass is 485 g/mol. The fraction of sp³-hybridized carbons (Fsp3) is 0.300. The largest absolute Gasteiger partial charge is 0.488 e. The Balaban J connectivity index is 1.12. The lowest BCUT2D eigenvalue weighted by Crippen LogP contribution is -2.40. The van der Waals surface area contributed by atoms with Crippen molar-refractivity contribution in [3.63, 3.8) is 0 Å². The highest BCUT2D eigenvalue weighted by Gasteiger charge is 2.37. The summed E-state index contributed by atoms with van der Waals surface area (Å²) in [5, 5.41) is 9.05. The summed E-state index contributed by atoms with van der Waals surface area (Å²) in [5.41, 5.74) is 4.06. The average molecular weight is 486 g/mol. The second kappa shape index (κ2) is 10.2. The summed E-state index contributed by atoms with van der Waals surface area (Å²) in [6.07, 6.45) is 8.82. The molecule has 4 nitrogen and oxygen atoms in total. The second-order valence-electron chi connectivity index (χ2n) is 9.52. The number of carboxylic acids is 1. The van der Waals surface area contributed by atoms with E-state index < -0.39 is 5.97 Å². The minimum Gasteiger partial charge on any atom is -0.488 e. The average Bonchev–Trinajstić information content (AvgIpc) is 3.48. The summed E-state index contributed by atoms with van der Waals surface area (Å²) >= 11 is 1.82. The van der Waals surface area contributed by atoms with Crippen molar-refractivity contribution in [2.75, 3.05) is 13.1 Å². The summed E-state index contributed by atoms with van der Waals surface area (Å²) in [6.45, 7) is 7.52. The van der Waals surface area contributed by atoms with E-state index >= 15 is 0 Å². The lowest BCUT2D eigenvalue weighted by Gasteiger charge is -2.39. The zero-order chi connectivity index (χ0) is 24.3. The molecule has 0 saturated carbocycles. The second-order valence-corrected chi connectivity index (χ2v) is 10.8. The first-order valence-electron chi connectivity index (χ1n) is 12.2. The third-order valence-electron chi connectivity index (χ3n) is 7.29. The molecule has 1 N–H and O–H groups in total. The Hall–Kier alpha value is -3.15. The highest BCUT2D eigenvalue weighted by Crippen LogP contribution is 2.43. The van der Waals surface area contributed by atoms with Crippen molar-refractivity contribution in [3.05, 3.63) is 106 Å². The van der Waals surface area contributed by atoms with E-state index in [1.54, 1.807) is 6.08 Å². The van der Waals surface area contributed by atoms with Crippen LogP contribution in [0.2, 0.25) is 0 Å². The van der Waals surface area contributed by atoms with E-state index in [1.807, 2.05) is 35.6 Å². The molecule has 1 atom stereocenters. The zero-order valence-electron chi connectivity index (χ0n) is 19.9. The molecule has 1 spiro atoms. The van der Waals surface area contributed by atoms with Gasteiger partial charge in [-0.1, -0.05) is 54.6 Å². The standard InChI is InChI=1S/C30H31NO3S/c1-2-22(19-29(32)33)23-7-9-25(10-8-23)34-21-27-12-11-26(35-27)20-31-17-15-30(16-18-31)14-13-24-5-3-4-6-28(24)30/h2-14,22H,1,15-21H2,(H,32,33)/t22-/m0/s1. The van der Waals surface area contributed by atoms with E-state index in [4.69, 9.17) is 9.84 Å². The van der Waals surface area contributed by atoms with Crippen LogP contribution >= 0.6 is 11.3 Å². The summed E-state index contributed by atoms with van der Waals surface area (Å²) in [6, 6.07) is 20.9. The molecular weight excluding hydrogens is 454 g/mol. The van der Waals surface area contributed by atoms with Crippen LogP contribution in [-0.4, -0.2) is 29.1 Å². The summed E-state index contributed by atoms with van der Waals surface area (Å²) in [4.78, 5) is 16.2. The van der Waals surface area contributed by atoms with Gasteiger partial charge in [-0.15, -0.1) is 17.9 Å². The Morgan fingerprint density at radius 2 is 1.83 bits per heavy atom. The predicted molar refractivity (Wildman–Crippen MR) is 142 cm³/mol. The van der Waals surface area contributed by atoms with E-state index in [9.17, 15) is 4.79 Å². The predicted octanol–water partition coefficient (Wildman–Crippen LogP) is 6.63. The van der Waals surface area contributed by atoms with Crippen LogP contribution in [0, 0.1) is 0 Å². The third-order valence-corrected chi connectivity index (χ3v) is 8.34. The lowest BCUT2D eigenvalue weighted by atomic mass is 9.74. The first-order chi connectivity index (χ1) is 17.0. The van der Waals surface area contributed by atoms with Gasteiger partial charge in [0.05, 0.1) is 6.42 Å². The minimum atomic E-state index is -0.825. The molecule has 0 amide bonds. The number of ether oxygens (including phenoxy) is 1. The van der Waals surface area contributed by atoms with Crippen molar-refractivity contribution in [2.45, 2.75) is 43.7 Å². The topological polar surface area (TPSA) is 49.8 Å². The summed E-state index contributed by atoms with van der Waals surface area (Å²) in [5.74, 6) is -0.230. The molecule has 1 aromatic heterocycles. The molecule has 2 aromatic carbocycles. The smallest absolute Gasteiger partial charge is 0.304 e. The van der Waals surface area contributed by atoms with Gasteiger partial charge < -0.3 is 9.84 Å². The molecule has 1 saturated heterocycles. The Kier molecular flexibility index (Phi) is 6.89. The van der Waals surface area contributed by atoms with Gasteiger partial charge in [-0.25, -0.2) is 0 Å². The van der Waals surface area contributed by atoms with E-state index in [0.717, 1.165) is 30.9 Å². The molecule has 180 valence electrons. The first-order valence-corrected chi connectivity index (χ1v) is 13.0. The van der Waals surface area contributed by atoms with E-state index in [0.29, 0.717) is 6.61 Å². The fourth-order valence-corrected chi connectivity index (χ4v) is 6.25. The molecule has 1 aliphatic carbocycles. The van der Waals surface area contributed by atoms with Crippen LogP contribution in [-0.2, 0) is 23.4 Å². The molecule has 0 bridgehead atoms. The Morgan fingerprint density at radius 3 is 2.57 bits per heavy atom. The number of aliphatic carboxylic acids is 1. The van der Waals surface area contributed by atoms with Crippen LogP contribution in [0.1, 0.15) is 51.6 Å². The van der Waals surface area contributed by atoms with Crippen molar-refractivity contribution in [3.8, 4) is 5.75 Å². The van der Waals surface area contributed by atoms with Gasteiger partial charge in [0.15, 0.2) is 0 Å². The van der Waals surface area contributed by atoms with Gasteiger partial charge >= 0.3 is 5.97 Å². The number of allylic oxidation sites excluding steroid dienone is 2. The molecule has 5 rings (SSSR count). The number of hydrogen-bond donors (Lipinski definition) is 1. The van der Waals surface area contributed by atoms with Crippen LogP contribution in [0.15, 0.2) is 79.4 Å². The van der Waals surface area contributed by atoms with Crippen LogP contribution in [0.25, 0.3) is 6.08 Å². The van der Waals surface area contributed by atoms with Gasteiger partial charge in [-0.2, -0.15) is 0 Å².